The lowest BCUT2D eigenvalue weighted by Gasteiger charge is -2.30. The van der Waals surface area contributed by atoms with Gasteiger partial charge in [0.2, 0.25) is 11.8 Å². The van der Waals surface area contributed by atoms with E-state index in [0.29, 0.717) is 31.4 Å². The number of hydrogen-bond donors (Lipinski definition) is 4. The van der Waals surface area contributed by atoms with E-state index in [2.05, 4.69) is 20.0 Å². The number of anilines is 1. The molecule has 16 nitrogen and oxygen atoms in total. The maximum Gasteiger partial charge on any atom is 0.459 e. The van der Waals surface area contributed by atoms with E-state index in [1.807, 2.05) is 24.3 Å². The second-order valence-electron chi connectivity index (χ2n) is 12.6. The van der Waals surface area contributed by atoms with E-state index >= 15 is 0 Å². The summed E-state index contributed by atoms with van der Waals surface area (Å²) in [5.41, 5.74) is 4.42. The van der Waals surface area contributed by atoms with Crippen molar-refractivity contribution in [1.29, 1.82) is 0 Å². The number of aliphatic hydroxyl groups is 2. The van der Waals surface area contributed by atoms with Crippen LogP contribution >= 0.6 is 7.75 Å². The summed E-state index contributed by atoms with van der Waals surface area (Å²) >= 11 is 0. The molecular weight excluding hydrogens is 659 g/mol. The van der Waals surface area contributed by atoms with Crippen molar-refractivity contribution in [3.05, 3.63) is 48.8 Å². The van der Waals surface area contributed by atoms with Crippen molar-refractivity contribution in [1.82, 2.24) is 24.6 Å². The van der Waals surface area contributed by atoms with Crippen molar-refractivity contribution in [2.75, 3.05) is 32.7 Å². The zero-order chi connectivity index (χ0) is 34.9. The van der Waals surface area contributed by atoms with Crippen LogP contribution in [0.1, 0.15) is 39.8 Å². The molecule has 17 heteroatoms. The van der Waals surface area contributed by atoms with Gasteiger partial charge in [0.1, 0.15) is 35.7 Å². The van der Waals surface area contributed by atoms with E-state index in [4.69, 9.17) is 33.7 Å². The van der Waals surface area contributed by atoms with Gasteiger partial charge in [0.15, 0.2) is 17.4 Å². The second-order valence-corrected chi connectivity index (χ2v) is 14.3. The number of aromatic nitrogens is 4. The molecule has 0 amide bonds. The summed E-state index contributed by atoms with van der Waals surface area (Å²) < 4.78 is 50.7. The molecular formula is C32H41N6O10P. The number of aliphatic hydroxyl groups excluding tert-OH is 1. The highest BCUT2D eigenvalue weighted by molar-refractivity contribution is 7.52. The largest absolute Gasteiger partial charge is 0.479 e. The number of carbonyl (C=O) groups excluding carboxylic acids is 1. The van der Waals surface area contributed by atoms with Crippen molar-refractivity contribution < 1.29 is 47.6 Å². The van der Waals surface area contributed by atoms with Gasteiger partial charge < -0.3 is 39.4 Å². The molecule has 2 aromatic heterocycles. The molecule has 2 saturated heterocycles. The van der Waals surface area contributed by atoms with Gasteiger partial charge in [-0.3, -0.25) is 13.9 Å². The fraction of sp³-hybridized carbons (Fsp3) is 0.500. The number of nitrogens with one attached hydrogen (secondary N) is 1. The summed E-state index contributed by atoms with van der Waals surface area (Å²) in [6.45, 7) is 5.35. The van der Waals surface area contributed by atoms with Gasteiger partial charge in [-0.25, -0.2) is 9.55 Å². The van der Waals surface area contributed by atoms with E-state index < -0.39 is 50.4 Å². The van der Waals surface area contributed by atoms with Crippen molar-refractivity contribution in [2.45, 2.75) is 69.8 Å². The zero-order valence-electron chi connectivity index (χ0n) is 27.6. The van der Waals surface area contributed by atoms with Crippen LogP contribution in [0.25, 0.3) is 21.9 Å². The predicted octanol–water partition coefficient (Wildman–Crippen LogP) is 3.12. The fourth-order valence-corrected chi connectivity index (χ4v) is 7.63. The lowest BCUT2D eigenvalue weighted by molar-refractivity contribution is -0.156. The van der Waals surface area contributed by atoms with Crippen LogP contribution in [0.2, 0.25) is 0 Å². The number of rotatable bonds is 12. The average molecular weight is 701 g/mol. The van der Waals surface area contributed by atoms with Crippen molar-refractivity contribution in [3.8, 4) is 11.6 Å². The number of methoxy groups -OCH3 is 1. The number of imidazole rings is 1. The van der Waals surface area contributed by atoms with Crippen LogP contribution in [0.3, 0.4) is 0 Å². The lowest BCUT2D eigenvalue weighted by atomic mass is 9.96. The molecule has 0 saturated carbocycles. The first-order chi connectivity index (χ1) is 23.4. The van der Waals surface area contributed by atoms with E-state index in [1.54, 1.807) is 32.0 Å². The molecule has 4 heterocycles. The molecule has 0 aliphatic carbocycles. The molecule has 0 radical (unpaired) electrons. The Hall–Kier alpha value is -3.89. The zero-order valence-corrected chi connectivity index (χ0v) is 28.5. The second kappa shape index (κ2) is 14.2. The van der Waals surface area contributed by atoms with Crippen LogP contribution in [0.4, 0.5) is 5.95 Å². The third kappa shape index (κ3) is 7.22. The Morgan fingerprint density at radius 2 is 1.92 bits per heavy atom. The highest BCUT2D eigenvalue weighted by Gasteiger charge is 2.54. The first-order valence-electron chi connectivity index (χ1n) is 16.0. The van der Waals surface area contributed by atoms with E-state index in [-0.39, 0.29) is 40.8 Å². The molecule has 264 valence electrons. The minimum atomic E-state index is -4.44. The van der Waals surface area contributed by atoms with E-state index in [9.17, 15) is 19.6 Å². The maximum atomic E-state index is 14.7. The fourth-order valence-electron chi connectivity index (χ4n) is 5.94. The third-order valence-electron chi connectivity index (χ3n) is 8.65. The van der Waals surface area contributed by atoms with Crippen LogP contribution in [0.15, 0.2) is 48.8 Å². The monoisotopic (exact) mass is 700 g/mol. The molecule has 49 heavy (non-hydrogen) atoms. The molecule has 4 aromatic rings. The summed E-state index contributed by atoms with van der Waals surface area (Å²) in [5.74, 6) is -0.747. The van der Waals surface area contributed by atoms with Gasteiger partial charge >= 0.3 is 13.7 Å². The minimum Gasteiger partial charge on any atom is -0.479 e. The molecule has 6 rings (SSSR count). The van der Waals surface area contributed by atoms with Crippen LogP contribution in [0, 0.1) is 5.92 Å². The summed E-state index contributed by atoms with van der Waals surface area (Å²) in [5, 5.41) is 27.1. The number of nitrogens with two attached hydrogens (primary N) is 1. The van der Waals surface area contributed by atoms with E-state index in [0.717, 1.165) is 5.39 Å². The topological polar surface area (TPSA) is 212 Å². The molecule has 0 bridgehead atoms. The molecule has 6 atom stereocenters. The smallest absolute Gasteiger partial charge is 0.459 e. The van der Waals surface area contributed by atoms with Gasteiger partial charge in [-0.05, 0) is 24.3 Å². The van der Waals surface area contributed by atoms with Gasteiger partial charge in [-0.1, -0.05) is 50.2 Å². The number of carbonyl (C=O) groups is 1. The van der Waals surface area contributed by atoms with Crippen LogP contribution < -0.4 is 20.1 Å². The number of benzene rings is 2. The molecule has 2 aliphatic heterocycles. The van der Waals surface area contributed by atoms with Gasteiger partial charge in [0.25, 0.3) is 0 Å². The SMILES string of the molecule is COc1nc(N)nc2c1ncn2C1OC(COP(=O)(NC(C(=O)OC2CCOCC2)C(C)C)Oc2cccc3ccccc23)C(O)C1(C)O. The quantitative estimate of drug-likeness (QED) is 0.124. The highest BCUT2D eigenvalue weighted by atomic mass is 31.2. The summed E-state index contributed by atoms with van der Waals surface area (Å²) in [6, 6.07) is 11.5. The maximum absolute atomic E-state index is 14.7. The normalized spacial score (nSPS) is 25.0. The molecule has 2 aliphatic rings. The lowest BCUT2D eigenvalue weighted by Crippen LogP contribution is -2.45. The number of nitrogens with zero attached hydrogens (tertiary/aromatic N) is 4. The van der Waals surface area contributed by atoms with Crippen LogP contribution in [0.5, 0.6) is 11.6 Å². The number of esters is 1. The minimum absolute atomic E-state index is 0.100. The Bertz CT molecular complexity index is 1840. The molecule has 2 fully saturated rings. The number of fused-ring (bicyclic) bond motifs is 2. The molecule has 0 spiro atoms. The molecule has 2 aromatic carbocycles. The Kier molecular flexibility index (Phi) is 10.1. The average Bonchev–Trinajstić information content (AvgIpc) is 3.59. The highest BCUT2D eigenvalue weighted by Crippen LogP contribution is 2.49. The summed E-state index contributed by atoms with van der Waals surface area (Å²) in [6.07, 6.45) is -1.89. The number of hydrogen-bond acceptors (Lipinski definition) is 14. The molecule has 6 unspecified atom stereocenters. The van der Waals surface area contributed by atoms with Crippen LogP contribution in [-0.2, 0) is 28.1 Å². The van der Waals surface area contributed by atoms with Crippen molar-refractivity contribution in [2.24, 2.45) is 5.92 Å². The van der Waals surface area contributed by atoms with Crippen LogP contribution in [-0.4, -0.2) is 92.6 Å². The predicted molar refractivity (Wildman–Crippen MR) is 177 cm³/mol. The Morgan fingerprint density at radius 3 is 2.65 bits per heavy atom. The third-order valence-corrected chi connectivity index (χ3v) is 10.2. The Labute approximate surface area is 282 Å². The standard InChI is InChI=1S/C32H41N6O10P/c1-18(2)24(29(40)46-20-12-14-44-15-13-20)37-49(42,48-22-11-7-9-19-8-5-6-10-21(19)22)45-16-23-26(39)32(3,41)30(47-23)38-17-34-25-27(38)35-31(33)36-28(25)43-4/h5-11,17-18,20,23-24,26,30,39,41H,12-16H2,1-4H3,(H,37,42)(H2,33,35,36). The number of ether oxygens (including phenoxy) is 4. The van der Waals surface area contributed by atoms with E-state index in [1.165, 1.54) is 24.9 Å². The van der Waals surface area contributed by atoms with Crippen molar-refractivity contribution in [3.63, 3.8) is 0 Å². The summed E-state index contributed by atoms with van der Waals surface area (Å²) in [4.78, 5) is 26.0. The Morgan fingerprint density at radius 1 is 1.18 bits per heavy atom. The number of nitrogen functional groups attached to an aromatic ring is 1. The first-order valence-corrected chi connectivity index (χ1v) is 17.5. The molecule has 5 N–H and O–H groups in total. The van der Waals surface area contributed by atoms with Crippen molar-refractivity contribution >= 4 is 41.6 Å². The van der Waals surface area contributed by atoms with Gasteiger partial charge in [0, 0.05) is 18.2 Å². The first kappa shape index (κ1) is 35.0. The van der Waals surface area contributed by atoms with Gasteiger partial charge in [0.05, 0.1) is 33.3 Å². The van der Waals surface area contributed by atoms with Gasteiger partial charge in [-0.2, -0.15) is 15.1 Å². The van der Waals surface area contributed by atoms with Gasteiger partial charge in [-0.15, -0.1) is 0 Å². The Balaban J connectivity index is 1.28. The summed E-state index contributed by atoms with van der Waals surface area (Å²) in [7, 11) is -3.04.